The second-order valence-electron chi connectivity index (χ2n) is 9.07. The highest BCUT2D eigenvalue weighted by molar-refractivity contribution is 6.00. The fourth-order valence-electron chi connectivity index (χ4n) is 4.82. The van der Waals surface area contributed by atoms with E-state index in [1.807, 2.05) is 53.4 Å². The number of carbonyl (C=O) groups excluding carboxylic acids is 1. The third-order valence-corrected chi connectivity index (χ3v) is 6.62. The van der Waals surface area contributed by atoms with E-state index in [-0.39, 0.29) is 18.7 Å². The summed E-state index contributed by atoms with van der Waals surface area (Å²) in [5.74, 6) is 1.83. The lowest BCUT2D eigenvalue weighted by atomic mass is 9.93. The Bertz CT molecular complexity index is 1360. The van der Waals surface area contributed by atoms with Gasteiger partial charge in [0.2, 0.25) is 6.79 Å². The number of carbonyl (C=O) groups is 1. The largest absolute Gasteiger partial charge is 0.454 e. The Balaban J connectivity index is 1.45. The highest BCUT2D eigenvalue weighted by atomic mass is 16.7. The summed E-state index contributed by atoms with van der Waals surface area (Å²) in [5.41, 5.74) is 6.60. The summed E-state index contributed by atoms with van der Waals surface area (Å²) in [6.07, 6.45) is 0. The molecule has 170 valence electrons. The van der Waals surface area contributed by atoms with Gasteiger partial charge >= 0.3 is 0 Å². The number of H-pyrrole nitrogens is 1. The Kier molecular flexibility index (Phi) is 4.87. The Labute approximate surface area is 198 Å². The van der Waals surface area contributed by atoms with Crippen molar-refractivity contribution in [3.8, 4) is 22.8 Å². The van der Waals surface area contributed by atoms with E-state index in [1.54, 1.807) is 0 Å². The minimum absolute atomic E-state index is 0.0553. The number of rotatable bonds is 5. The molecule has 0 spiro atoms. The number of ether oxygens (including phenoxy) is 2. The second-order valence-corrected chi connectivity index (χ2v) is 9.07. The molecule has 1 amide bonds. The zero-order valence-electron chi connectivity index (χ0n) is 19.1. The Morgan fingerprint density at radius 1 is 1.00 bits per heavy atom. The van der Waals surface area contributed by atoms with Crippen molar-refractivity contribution < 1.29 is 14.3 Å². The number of fused-ring (bicyclic) bond motifs is 2. The first-order valence-corrected chi connectivity index (χ1v) is 11.5. The van der Waals surface area contributed by atoms with E-state index in [0.717, 1.165) is 33.7 Å². The monoisotopic (exact) mass is 451 g/mol. The van der Waals surface area contributed by atoms with Crippen molar-refractivity contribution in [1.82, 2.24) is 15.1 Å². The molecule has 2 aliphatic rings. The van der Waals surface area contributed by atoms with E-state index < -0.39 is 0 Å². The van der Waals surface area contributed by atoms with Crippen LogP contribution in [0.2, 0.25) is 0 Å². The predicted molar refractivity (Wildman–Crippen MR) is 129 cm³/mol. The molecular formula is C28H25N3O3. The van der Waals surface area contributed by atoms with E-state index in [4.69, 9.17) is 9.47 Å². The van der Waals surface area contributed by atoms with Gasteiger partial charge in [0.15, 0.2) is 11.5 Å². The lowest BCUT2D eigenvalue weighted by Crippen LogP contribution is -2.29. The number of nitrogens with one attached hydrogen (secondary N) is 1. The molecular weight excluding hydrogens is 426 g/mol. The van der Waals surface area contributed by atoms with Gasteiger partial charge in [-0.15, -0.1) is 0 Å². The van der Waals surface area contributed by atoms with Gasteiger partial charge in [-0.2, -0.15) is 5.10 Å². The molecule has 6 heteroatoms. The zero-order valence-corrected chi connectivity index (χ0v) is 19.1. The van der Waals surface area contributed by atoms with Crippen molar-refractivity contribution in [2.24, 2.45) is 0 Å². The lowest BCUT2D eigenvalue weighted by molar-refractivity contribution is 0.0730. The average molecular weight is 452 g/mol. The first-order chi connectivity index (χ1) is 16.6. The van der Waals surface area contributed by atoms with Crippen LogP contribution in [0, 0.1) is 0 Å². The fourth-order valence-corrected chi connectivity index (χ4v) is 4.82. The maximum Gasteiger partial charge on any atom is 0.273 e. The first-order valence-electron chi connectivity index (χ1n) is 11.5. The Morgan fingerprint density at radius 3 is 2.53 bits per heavy atom. The van der Waals surface area contributed by atoms with Gasteiger partial charge in [-0.3, -0.25) is 9.89 Å². The van der Waals surface area contributed by atoms with Gasteiger partial charge in [0.1, 0.15) is 5.69 Å². The molecule has 6 rings (SSSR count). The number of hydrogen-bond donors (Lipinski definition) is 1. The molecule has 3 aromatic carbocycles. The van der Waals surface area contributed by atoms with Crippen LogP contribution in [0.3, 0.4) is 0 Å². The summed E-state index contributed by atoms with van der Waals surface area (Å²) < 4.78 is 11.0. The number of benzene rings is 3. The third-order valence-electron chi connectivity index (χ3n) is 6.62. The number of aromatic nitrogens is 2. The SMILES string of the molecule is CC(C)c1ccc(C2c3c(-c4ccccc4)n[nH]c3C(=O)N2Cc2ccc3c(c2)OCO3)cc1. The minimum atomic E-state index is -0.247. The molecule has 6 nitrogen and oxygen atoms in total. The van der Waals surface area contributed by atoms with E-state index >= 15 is 0 Å². The Morgan fingerprint density at radius 2 is 1.76 bits per heavy atom. The smallest absolute Gasteiger partial charge is 0.273 e. The number of hydrogen-bond acceptors (Lipinski definition) is 4. The Hall–Kier alpha value is -4.06. The van der Waals surface area contributed by atoms with Crippen LogP contribution in [0.25, 0.3) is 11.3 Å². The van der Waals surface area contributed by atoms with Gasteiger partial charge in [-0.05, 0) is 34.7 Å². The first kappa shape index (κ1) is 20.5. The molecule has 0 fully saturated rings. The van der Waals surface area contributed by atoms with Crippen molar-refractivity contribution in [2.45, 2.75) is 32.4 Å². The number of amides is 1. The standard InChI is InChI=1S/C28H25N3O3/c1-17(2)19-9-11-21(12-10-19)27-24-25(20-6-4-3-5-7-20)29-30-26(24)28(32)31(27)15-18-8-13-22-23(14-18)34-16-33-22/h3-14,17,27H,15-16H2,1-2H3,(H,29,30). The van der Waals surface area contributed by atoms with Gasteiger partial charge in [-0.25, -0.2) is 0 Å². The van der Waals surface area contributed by atoms with E-state index in [2.05, 4.69) is 48.3 Å². The highest BCUT2D eigenvalue weighted by Crippen LogP contribution is 2.44. The second kappa shape index (κ2) is 8.06. The van der Waals surface area contributed by atoms with Crippen LogP contribution in [0.5, 0.6) is 11.5 Å². The van der Waals surface area contributed by atoms with Crippen LogP contribution >= 0.6 is 0 Å². The highest BCUT2D eigenvalue weighted by Gasteiger charge is 2.42. The zero-order chi connectivity index (χ0) is 23.2. The number of aromatic amines is 1. The molecule has 4 aromatic rings. The quantitative estimate of drug-likeness (QED) is 0.424. The normalized spacial score (nSPS) is 16.4. The van der Waals surface area contributed by atoms with Gasteiger partial charge in [0, 0.05) is 17.7 Å². The van der Waals surface area contributed by atoms with Crippen molar-refractivity contribution in [3.05, 3.63) is 101 Å². The fraction of sp³-hybridized carbons (Fsp3) is 0.214. The summed E-state index contributed by atoms with van der Waals surface area (Å²) in [5, 5.41) is 7.60. The van der Waals surface area contributed by atoms with Crippen molar-refractivity contribution in [2.75, 3.05) is 6.79 Å². The molecule has 1 N–H and O–H groups in total. The van der Waals surface area contributed by atoms with Crippen LogP contribution in [-0.4, -0.2) is 27.8 Å². The minimum Gasteiger partial charge on any atom is -0.454 e. The van der Waals surface area contributed by atoms with Crippen LogP contribution in [0.4, 0.5) is 0 Å². The van der Waals surface area contributed by atoms with Crippen LogP contribution in [-0.2, 0) is 6.54 Å². The molecule has 0 saturated heterocycles. The number of nitrogens with zero attached hydrogens (tertiary/aromatic N) is 2. The molecule has 2 aliphatic heterocycles. The molecule has 0 radical (unpaired) electrons. The topological polar surface area (TPSA) is 67.5 Å². The van der Waals surface area contributed by atoms with Crippen LogP contribution in [0.15, 0.2) is 72.8 Å². The maximum absolute atomic E-state index is 13.6. The van der Waals surface area contributed by atoms with Crippen molar-refractivity contribution in [1.29, 1.82) is 0 Å². The molecule has 34 heavy (non-hydrogen) atoms. The van der Waals surface area contributed by atoms with Gasteiger partial charge < -0.3 is 14.4 Å². The third kappa shape index (κ3) is 3.34. The summed E-state index contributed by atoms with van der Waals surface area (Å²) in [6, 6.07) is 24.2. The molecule has 0 bridgehead atoms. The lowest BCUT2D eigenvalue weighted by Gasteiger charge is -2.27. The van der Waals surface area contributed by atoms with Crippen molar-refractivity contribution >= 4 is 5.91 Å². The molecule has 1 unspecified atom stereocenters. The average Bonchev–Trinajstić information content (AvgIpc) is 3.56. The molecule has 1 atom stereocenters. The van der Waals surface area contributed by atoms with Gasteiger partial charge in [-0.1, -0.05) is 74.5 Å². The predicted octanol–water partition coefficient (Wildman–Crippen LogP) is 5.67. The molecule has 1 aromatic heterocycles. The van der Waals surface area contributed by atoms with Gasteiger partial charge in [0.25, 0.3) is 5.91 Å². The maximum atomic E-state index is 13.6. The molecule has 0 saturated carbocycles. The van der Waals surface area contributed by atoms with Gasteiger partial charge in [0.05, 0.1) is 11.7 Å². The molecule has 3 heterocycles. The summed E-state index contributed by atoms with van der Waals surface area (Å²) >= 11 is 0. The van der Waals surface area contributed by atoms with E-state index in [1.165, 1.54) is 5.56 Å². The summed E-state index contributed by atoms with van der Waals surface area (Å²) in [4.78, 5) is 15.6. The van der Waals surface area contributed by atoms with E-state index in [9.17, 15) is 4.79 Å². The van der Waals surface area contributed by atoms with E-state index in [0.29, 0.717) is 23.9 Å². The van der Waals surface area contributed by atoms with Crippen LogP contribution in [0.1, 0.15) is 58.5 Å². The summed E-state index contributed by atoms with van der Waals surface area (Å²) in [6.45, 7) is 5.04. The van der Waals surface area contributed by atoms with Crippen molar-refractivity contribution in [3.63, 3.8) is 0 Å². The molecule has 0 aliphatic carbocycles. The summed E-state index contributed by atoms with van der Waals surface area (Å²) in [7, 11) is 0. The van der Waals surface area contributed by atoms with Crippen LogP contribution < -0.4 is 9.47 Å².